The summed E-state index contributed by atoms with van der Waals surface area (Å²) in [6.45, 7) is 9.77. The quantitative estimate of drug-likeness (QED) is 0.817. The third-order valence-corrected chi connectivity index (χ3v) is 5.75. The molecule has 0 spiro atoms. The molecule has 2 fully saturated rings. The minimum absolute atomic E-state index is 0.478. The molecular formula is C17H34N2. The minimum Gasteiger partial charge on any atom is -0.316 e. The van der Waals surface area contributed by atoms with E-state index in [1.165, 1.54) is 58.0 Å². The highest BCUT2D eigenvalue weighted by Gasteiger charge is 2.41. The Morgan fingerprint density at radius 1 is 1.11 bits per heavy atom. The Morgan fingerprint density at radius 2 is 1.79 bits per heavy atom. The molecule has 0 aromatic heterocycles. The van der Waals surface area contributed by atoms with Gasteiger partial charge >= 0.3 is 0 Å². The van der Waals surface area contributed by atoms with E-state index >= 15 is 0 Å². The molecule has 2 nitrogen and oxygen atoms in total. The first-order chi connectivity index (χ1) is 9.08. The van der Waals surface area contributed by atoms with Gasteiger partial charge in [-0.1, -0.05) is 40.0 Å². The van der Waals surface area contributed by atoms with Gasteiger partial charge in [0.05, 0.1) is 0 Å². The summed E-state index contributed by atoms with van der Waals surface area (Å²) in [5.74, 6) is 0.849. The molecule has 0 amide bonds. The van der Waals surface area contributed by atoms with E-state index in [0.717, 1.165) is 12.0 Å². The molecule has 2 aliphatic rings. The SMILES string of the molecule is CCN(CC1CCC(C)(C)C1NC)C1CCCCC1. The van der Waals surface area contributed by atoms with Gasteiger partial charge in [0.1, 0.15) is 0 Å². The second-order valence-electron chi connectivity index (χ2n) is 7.43. The van der Waals surface area contributed by atoms with E-state index in [1.807, 2.05) is 0 Å². The van der Waals surface area contributed by atoms with Crippen LogP contribution in [0.3, 0.4) is 0 Å². The standard InChI is InChI=1S/C17H34N2/c1-5-19(15-9-7-6-8-10-15)13-14-11-12-17(2,3)16(14)18-4/h14-16,18H,5-13H2,1-4H3. The average Bonchev–Trinajstić information content (AvgIpc) is 2.71. The number of nitrogens with zero attached hydrogens (tertiary/aromatic N) is 1. The summed E-state index contributed by atoms with van der Waals surface area (Å²) in [5, 5.41) is 3.61. The molecule has 2 rings (SSSR count). The third kappa shape index (κ3) is 3.52. The summed E-state index contributed by atoms with van der Waals surface area (Å²) in [5.41, 5.74) is 0.478. The largest absolute Gasteiger partial charge is 0.316 e. The van der Waals surface area contributed by atoms with Crippen molar-refractivity contribution < 1.29 is 0 Å². The van der Waals surface area contributed by atoms with E-state index in [0.29, 0.717) is 11.5 Å². The zero-order chi connectivity index (χ0) is 13.9. The zero-order valence-corrected chi connectivity index (χ0v) is 13.5. The lowest BCUT2D eigenvalue weighted by Crippen LogP contribution is -2.46. The van der Waals surface area contributed by atoms with E-state index < -0.39 is 0 Å². The van der Waals surface area contributed by atoms with E-state index in [1.54, 1.807) is 0 Å². The molecule has 0 saturated heterocycles. The molecule has 0 radical (unpaired) electrons. The predicted octanol–water partition coefficient (Wildman–Crippen LogP) is 3.67. The van der Waals surface area contributed by atoms with Crippen LogP contribution in [0.25, 0.3) is 0 Å². The highest BCUT2D eigenvalue weighted by Crippen LogP contribution is 2.41. The van der Waals surface area contributed by atoms with Gasteiger partial charge in [0.25, 0.3) is 0 Å². The van der Waals surface area contributed by atoms with Crippen LogP contribution < -0.4 is 5.32 Å². The van der Waals surface area contributed by atoms with Crippen molar-refractivity contribution in [1.82, 2.24) is 10.2 Å². The number of hydrogen-bond donors (Lipinski definition) is 1. The average molecular weight is 266 g/mol. The first kappa shape index (κ1) is 15.3. The second-order valence-corrected chi connectivity index (χ2v) is 7.43. The van der Waals surface area contributed by atoms with Gasteiger partial charge in [0.15, 0.2) is 0 Å². The van der Waals surface area contributed by atoms with Gasteiger partial charge in [-0.05, 0) is 50.6 Å². The Balaban J connectivity index is 1.94. The summed E-state index contributed by atoms with van der Waals surface area (Å²) in [4.78, 5) is 2.79. The molecule has 0 aromatic rings. The number of hydrogen-bond acceptors (Lipinski definition) is 2. The van der Waals surface area contributed by atoms with Crippen molar-refractivity contribution in [2.45, 2.75) is 77.8 Å². The first-order valence-electron chi connectivity index (χ1n) is 8.49. The van der Waals surface area contributed by atoms with Crippen LogP contribution in [0.15, 0.2) is 0 Å². The van der Waals surface area contributed by atoms with E-state index in [4.69, 9.17) is 0 Å². The van der Waals surface area contributed by atoms with Crippen LogP contribution in [0.2, 0.25) is 0 Å². The third-order valence-electron chi connectivity index (χ3n) is 5.75. The van der Waals surface area contributed by atoms with Gasteiger partial charge in [-0.2, -0.15) is 0 Å². The summed E-state index contributed by atoms with van der Waals surface area (Å²) >= 11 is 0. The molecule has 0 bridgehead atoms. The molecule has 19 heavy (non-hydrogen) atoms. The van der Waals surface area contributed by atoms with Crippen molar-refractivity contribution in [3.8, 4) is 0 Å². The van der Waals surface area contributed by atoms with Gasteiger partial charge in [-0.15, -0.1) is 0 Å². The summed E-state index contributed by atoms with van der Waals surface area (Å²) in [6.07, 6.45) is 10.0. The van der Waals surface area contributed by atoms with Gasteiger partial charge in [-0.3, -0.25) is 0 Å². The lowest BCUT2D eigenvalue weighted by molar-refractivity contribution is 0.125. The lowest BCUT2D eigenvalue weighted by atomic mass is 9.84. The van der Waals surface area contributed by atoms with Crippen molar-refractivity contribution in [1.29, 1.82) is 0 Å². The molecule has 2 unspecified atom stereocenters. The molecule has 2 heteroatoms. The fourth-order valence-corrected chi connectivity index (χ4v) is 4.62. The predicted molar refractivity (Wildman–Crippen MR) is 83.5 cm³/mol. The second kappa shape index (κ2) is 6.58. The molecular weight excluding hydrogens is 232 g/mol. The highest BCUT2D eigenvalue weighted by atomic mass is 15.2. The maximum Gasteiger partial charge on any atom is 0.0156 e. The summed E-state index contributed by atoms with van der Waals surface area (Å²) in [6, 6.07) is 1.57. The van der Waals surface area contributed by atoms with E-state index in [2.05, 4.69) is 38.0 Å². The monoisotopic (exact) mass is 266 g/mol. The maximum atomic E-state index is 3.61. The highest BCUT2D eigenvalue weighted by molar-refractivity contribution is 4.97. The van der Waals surface area contributed by atoms with Crippen molar-refractivity contribution in [2.24, 2.45) is 11.3 Å². The molecule has 2 aliphatic carbocycles. The Kier molecular flexibility index (Phi) is 5.30. The maximum absolute atomic E-state index is 3.61. The van der Waals surface area contributed by atoms with Crippen LogP contribution in [-0.4, -0.2) is 37.1 Å². The normalized spacial score (nSPS) is 32.1. The van der Waals surface area contributed by atoms with Gasteiger partial charge in [0.2, 0.25) is 0 Å². The van der Waals surface area contributed by atoms with Crippen LogP contribution in [0, 0.1) is 11.3 Å². The molecule has 0 aromatic carbocycles. The van der Waals surface area contributed by atoms with Gasteiger partial charge in [-0.25, -0.2) is 0 Å². The van der Waals surface area contributed by atoms with E-state index in [9.17, 15) is 0 Å². The lowest BCUT2D eigenvalue weighted by Gasteiger charge is -2.38. The fraction of sp³-hybridized carbons (Fsp3) is 1.00. The number of nitrogens with one attached hydrogen (secondary N) is 1. The van der Waals surface area contributed by atoms with Crippen LogP contribution in [0.5, 0.6) is 0 Å². The Labute approximate surface area is 120 Å². The fourth-order valence-electron chi connectivity index (χ4n) is 4.62. The molecule has 112 valence electrons. The van der Waals surface area contributed by atoms with E-state index in [-0.39, 0.29) is 0 Å². The smallest absolute Gasteiger partial charge is 0.0156 e. The Bertz CT molecular complexity index is 268. The van der Waals surface area contributed by atoms with Crippen LogP contribution in [0.4, 0.5) is 0 Å². The van der Waals surface area contributed by atoms with Crippen molar-refractivity contribution in [2.75, 3.05) is 20.1 Å². The Morgan fingerprint density at radius 3 is 2.37 bits per heavy atom. The molecule has 2 saturated carbocycles. The summed E-state index contributed by atoms with van der Waals surface area (Å²) in [7, 11) is 2.15. The minimum atomic E-state index is 0.478. The van der Waals surface area contributed by atoms with Crippen molar-refractivity contribution in [3.05, 3.63) is 0 Å². The van der Waals surface area contributed by atoms with Crippen molar-refractivity contribution >= 4 is 0 Å². The van der Waals surface area contributed by atoms with Crippen molar-refractivity contribution in [3.63, 3.8) is 0 Å². The number of rotatable bonds is 5. The molecule has 1 N–H and O–H groups in total. The first-order valence-corrected chi connectivity index (χ1v) is 8.49. The molecule has 0 aliphatic heterocycles. The topological polar surface area (TPSA) is 15.3 Å². The molecule has 2 atom stereocenters. The van der Waals surface area contributed by atoms with Crippen LogP contribution in [-0.2, 0) is 0 Å². The van der Waals surface area contributed by atoms with Crippen LogP contribution >= 0.6 is 0 Å². The summed E-state index contributed by atoms with van der Waals surface area (Å²) < 4.78 is 0. The van der Waals surface area contributed by atoms with Crippen LogP contribution in [0.1, 0.15) is 65.7 Å². The zero-order valence-electron chi connectivity index (χ0n) is 13.5. The molecule has 0 heterocycles. The van der Waals surface area contributed by atoms with Gasteiger partial charge in [0, 0.05) is 18.6 Å². The van der Waals surface area contributed by atoms with Gasteiger partial charge < -0.3 is 10.2 Å². The Hall–Kier alpha value is -0.0800.